The van der Waals surface area contributed by atoms with Crippen molar-refractivity contribution < 1.29 is 14.7 Å². The lowest BCUT2D eigenvalue weighted by atomic mass is 9.89. The zero-order chi connectivity index (χ0) is 15.2. The number of nitrogens with zero attached hydrogens (tertiary/aromatic N) is 1. The summed E-state index contributed by atoms with van der Waals surface area (Å²) in [5.74, 6) is 2.91. The van der Waals surface area contributed by atoms with E-state index in [2.05, 4.69) is 12.2 Å². The van der Waals surface area contributed by atoms with E-state index < -0.39 is 12.0 Å². The Morgan fingerprint density at radius 2 is 2.19 bits per heavy atom. The minimum absolute atomic E-state index is 0.215. The minimum atomic E-state index is -0.883. The van der Waals surface area contributed by atoms with Gasteiger partial charge in [0.1, 0.15) is 6.04 Å². The fraction of sp³-hybridized carbons (Fsp3) is 0.857. The summed E-state index contributed by atoms with van der Waals surface area (Å²) in [5.41, 5.74) is 0. The summed E-state index contributed by atoms with van der Waals surface area (Å²) < 4.78 is 0. The van der Waals surface area contributed by atoms with Crippen LogP contribution >= 0.6 is 23.5 Å². The Labute approximate surface area is 134 Å². The summed E-state index contributed by atoms with van der Waals surface area (Å²) in [5, 5.41) is 12.7. The molecular formula is C14H24N2O3S2. The Hall–Kier alpha value is -0.560. The molecule has 0 aromatic rings. The molecular weight excluding hydrogens is 308 g/mol. The van der Waals surface area contributed by atoms with Gasteiger partial charge in [0.15, 0.2) is 0 Å². The summed E-state index contributed by atoms with van der Waals surface area (Å²) in [6.45, 7) is 3.27. The molecule has 0 aliphatic carbocycles. The smallest absolute Gasteiger partial charge is 0.326 e. The van der Waals surface area contributed by atoms with E-state index in [0.717, 1.165) is 24.3 Å². The fourth-order valence-corrected chi connectivity index (χ4v) is 5.46. The third-order valence-electron chi connectivity index (χ3n) is 4.20. The molecule has 7 heteroatoms. The molecule has 0 bridgehead atoms. The number of hydrogen-bond donors (Lipinski definition) is 2. The second-order valence-electron chi connectivity index (χ2n) is 5.60. The van der Waals surface area contributed by atoms with E-state index in [4.69, 9.17) is 0 Å². The van der Waals surface area contributed by atoms with Crippen molar-refractivity contribution in [2.75, 3.05) is 30.3 Å². The SMILES string of the molecule is CCC1CCN(C(=O)NCC2CSCCS2)C(C(=O)O)C1. The highest BCUT2D eigenvalue weighted by Gasteiger charge is 2.35. The number of urea groups is 1. The lowest BCUT2D eigenvalue weighted by molar-refractivity contribution is -0.144. The fourth-order valence-electron chi connectivity index (χ4n) is 2.84. The van der Waals surface area contributed by atoms with Gasteiger partial charge in [-0.05, 0) is 18.8 Å². The molecule has 0 radical (unpaired) electrons. The molecule has 21 heavy (non-hydrogen) atoms. The Morgan fingerprint density at radius 1 is 1.38 bits per heavy atom. The second-order valence-corrected chi connectivity index (χ2v) is 8.16. The highest BCUT2D eigenvalue weighted by molar-refractivity contribution is 8.06. The first-order chi connectivity index (χ1) is 10.1. The number of likely N-dealkylation sites (tertiary alicyclic amines) is 1. The number of carbonyl (C=O) groups is 2. The molecule has 3 unspecified atom stereocenters. The van der Waals surface area contributed by atoms with E-state index in [1.165, 1.54) is 10.7 Å². The van der Waals surface area contributed by atoms with Crippen molar-refractivity contribution >= 4 is 35.5 Å². The van der Waals surface area contributed by atoms with Gasteiger partial charge in [0.2, 0.25) is 0 Å². The first-order valence-corrected chi connectivity index (χ1v) is 9.78. The number of carboxylic acids is 1. The number of piperidine rings is 1. The van der Waals surface area contributed by atoms with Crippen molar-refractivity contribution in [3.05, 3.63) is 0 Å². The van der Waals surface area contributed by atoms with Crippen LogP contribution in [0.1, 0.15) is 26.2 Å². The molecule has 2 aliphatic rings. The van der Waals surface area contributed by atoms with Gasteiger partial charge in [-0.3, -0.25) is 0 Å². The Kier molecular flexibility index (Phi) is 6.54. The maximum Gasteiger partial charge on any atom is 0.326 e. The summed E-state index contributed by atoms with van der Waals surface area (Å²) in [6.07, 6.45) is 2.46. The lowest BCUT2D eigenvalue weighted by Crippen LogP contribution is -2.54. The van der Waals surface area contributed by atoms with Gasteiger partial charge in [-0.15, -0.1) is 0 Å². The normalized spacial score (nSPS) is 30.0. The topological polar surface area (TPSA) is 69.6 Å². The first-order valence-electron chi connectivity index (χ1n) is 7.58. The zero-order valence-electron chi connectivity index (χ0n) is 12.4. The molecule has 2 aliphatic heterocycles. The number of hydrogen-bond acceptors (Lipinski definition) is 4. The van der Waals surface area contributed by atoms with Crippen LogP contribution < -0.4 is 5.32 Å². The number of nitrogens with one attached hydrogen (secondary N) is 1. The third kappa shape index (κ3) is 4.71. The molecule has 0 aromatic carbocycles. The quantitative estimate of drug-likeness (QED) is 0.825. The monoisotopic (exact) mass is 332 g/mol. The molecule has 0 aromatic heterocycles. The second kappa shape index (κ2) is 8.17. The van der Waals surface area contributed by atoms with E-state index >= 15 is 0 Å². The Balaban J connectivity index is 1.85. The average Bonchev–Trinajstić information content (AvgIpc) is 2.52. The summed E-state index contributed by atoms with van der Waals surface area (Å²) >= 11 is 3.81. The standard InChI is InChI=1S/C14H24N2O3S2/c1-2-10-3-4-16(12(7-10)13(17)18)14(19)15-8-11-9-20-5-6-21-11/h10-12H,2-9H2,1H3,(H,15,19)(H,17,18). The van der Waals surface area contributed by atoms with E-state index in [1.54, 1.807) is 0 Å². The van der Waals surface area contributed by atoms with Crippen molar-refractivity contribution in [1.82, 2.24) is 10.2 Å². The number of thioether (sulfide) groups is 2. The molecule has 2 N–H and O–H groups in total. The molecule has 0 spiro atoms. The number of rotatable bonds is 4. The van der Waals surface area contributed by atoms with Crippen molar-refractivity contribution in [3.8, 4) is 0 Å². The Morgan fingerprint density at radius 3 is 2.81 bits per heavy atom. The molecule has 2 saturated heterocycles. The van der Waals surface area contributed by atoms with Crippen molar-refractivity contribution in [3.63, 3.8) is 0 Å². The van der Waals surface area contributed by atoms with Crippen molar-refractivity contribution in [2.24, 2.45) is 5.92 Å². The van der Waals surface area contributed by atoms with Crippen LogP contribution in [-0.2, 0) is 4.79 Å². The lowest BCUT2D eigenvalue weighted by Gasteiger charge is -2.37. The maximum absolute atomic E-state index is 12.3. The van der Waals surface area contributed by atoms with Crippen LogP contribution in [-0.4, -0.2) is 63.6 Å². The van der Waals surface area contributed by atoms with Crippen molar-refractivity contribution in [2.45, 2.75) is 37.5 Å². The predicted octanol–water partition coefficient (Wildman–Crippen LogP) is 2.12. The largest absolute Gasteiger partial charge is 0.480 e. The number of carboxylic acid groups (broad SMARTS) is 1. The van der Waals surface area contributed by atoms with E-state index in [9.17, 15) is 14.7 Å². The van der Waals surface area contributed by atoms with Crippen LogP contribution in [0.15, 0.2) is 0 Å². The van der Waals surface area contributed by atoms with Crippen LogP contribution in [0.3, 0.4) is 0 Å². The average molecular weight is 332 g/mol. The molecule has 2 fully saturated rings. The van der Waals surface area contributed by atoms with E-state index in [0.29, 0.717) is 30.7 Å². The third-order valence-corrected chi connectivity index (χ3v) is 7.05. The Bertz CT molecular complexity index is 375. The van der Waals surface area contributed by atoms with Crippen LogP contribution in [0.25, 0.3) is 0 Å². The van der Waals surface area contributed by atoms with Gasteiger partial charge in [0.05, 0.1) is 0 Å². The first kappa shape index (κ1) is 16.8. The number of amides is 2. The van der Waals surface area contributed by atoms with Gasteiger partial charge in [0.25, 0.3) is 0 Å². The molecule has 3 atom stereocenters. The summed E-state index contributed by atoms with van der Waals surface area (Å²) in [7, 11) is 0. The minimum Gasteiger partial charge on any atom is -0.480 e. The van der Waals surface area contributed by atoms with Gasteiger partial charge in [-0.1, -0.05) is 13.3 Å². The van der Waals surface area contributed by atoms with Gasteiger partial charge in [-0.25, -0.2) is 9.59 Å². The van der Waals surface area contributed by atoms with Gasteiger partial charge in [0, 0.05) is 35.6 Å². The highest BCUT2D eigenvalue weighted by Crippen LogP contribution is 2.26. The molecule has 2 rings (SSSR count). The predicted molar refractivity (Wildman–Crippen MR) is 88.1 cm³/mol. The van der Waals surface area contributed by atoms with Crippen molar-refractivity contribution in [1.29, 1.82) is 0 Å². The number of aliphatic carboxylic acids is 1. The molecule has 5 nitrogen and oxygen atoms in total. The van der Waals surface area contributed by atoms with Crippen LogP contribution in [0.2, 0.25) is 0 Å². The highest BCUT2D eigenvalue weighted by atomic mass is 32.2. The molecule has 0 saturated carbocycles. The van der Waals surface area contributed by atoms with E-state index in [-0.39, 0.29) is 6.03 Å². The number of carbonyl (C=O) groups excluding carboxylic acids is 1. The summed E-state index contributed by atoms with van der Waals surface area (Å²) in [4.78, 5) is 25.2. The van der Waals surface area contributed by atoms with E-state index in [1.807, 2.05) is 23.5 Å². The van der Waals surface area contributed by atoms with Gasteiger partial charge >= 0.3 is 12.0 Å². The van der Waals surface area contributed by atoms with Gasteiger partial charge in [-0.2, -0.15) is 23.5 Å². The van der Waals surface area contributed by atoms with Crippen LogP contribution in [0.5, 0.6) is 0 Å². The maximum atomic E-state index is 12.3. The zero-order valence-corrected chi connectivity index (χ0v) is 14.0. The van der Waals surface area contributed by atoms with Crippen LogP contribution in [0, 0.1) is 5.92 Å². The molecule has 2 amide bonds. The summed E-state index contributed by atoms with van der Waals surface area (Å²) in [6, 6.07) is -0.884. The van der Waals surface area contributed by atoms with Gasteiger partial charge < -0.3 is 15.3 Å². The van der Waals surface area contributed by atoms with Crippen LogP contribution in [0.4, 0.5) is 4.79 Å². The molecule has 2 heterocycles. The molecule has 120 valence electrons.